The van der Waals surface area contributed by atoms with Crippen molar-refractivity contribution in [3.8, 4) is 0 Å². The fourth-order valence-electron chi connectivity index (χ4n) is 2.73. The second-order valence-corrected chi connectivity index (χ2v) is 6.89. The maximum Gasteiger partial charge on any atom is 0.433 e. The number of rotatable bonds is 2. The predicted molar refractivity (Wildman–Crippen MR) is 97.8 cm³/mol. The Kier molecular flexibility index (Phi) is 3.55. The number of amidine groups is 2. The summed E-state index contributed by atoms with van der Waals surface area (Å²) in [5.41, 5.74) is 3.01. The SMILES string of the molecule is Cc1cc2c(cc1C)N1C(=N)/C(=C/c3ccc([N+](=O)[O-])o3)C(=O)N=C1S2. The summed E-state index contributed by atoms with van der Waals surface area (Å²) < 4.78 is 5.06. The highest BCUT2D eigenvalue weighted by Gasteiger charge is 2.38. The molecule has 0 radical (unpaired) electrons. The maximum absolute atomic E-state index is 12.4. The van der Waals surface area contributed by atoms with Gasteiger partial charge in [0.05, 0.1) is 17.3 Å². The predicted octanol–water partition coefficient (Wildman–Crippen LogP) is 3.67. The molecule has 0 bridgehead atoms. The summed E-state index contributed by atoms with van der Waals surface area (Å²) >= 11 is 1.34. The summed E-state index contributed by atoms with van der Waals surface area (Å²) in [5.74, 6) is -0.915. The number of nitrogens with zero attached hydrogens (tertiary/aromatic N) is 3. The zero-order valence-corrected chi connectivity index (χ0v) is 14.6. The van der Waals surface area contributed by atoms with Crippen molar-refractivity contribution in [2.24, 2.45) is 4.99 Å². The van der Waals surface area contributed by atoms with E-state index in [4.69, 9.17) is 9.83 Å². The number of carbonyl (C=O) groups excluding carboxylic acids is 1. The second kappa shape index (κ2) is 5.67. The Balaban J connectivity index is 1.77. The number of aryl methyl sites for hydroxylation is 2. The van der Waals surface area contributed by atoms with Crippen LogP contribution in [0.5, 0.6) is 0 Å². The van der Waals surface area contributed by atoms with Gasteiger partial charge in [0.25, 0.3) is 5.91 Å². The van der Waals surface area contributed by atoms with E-state index in [0.29, 0.717) is 5.17 Å². The molecule has 26 heavy (non-hydrogen) atoms. The molecule has 1 amide bonds. The summed E-state index contributed by atoms with van der Waals surface area (Å²) in [7, 11) is 0. The van der Waals surface area contributed by atoms with E-state index in [-0.39, 0.29) is 17.2 Å². The Morgan fingerprint density at radius 3 is 2.73 bits per heavy atom. The van der Waals surface area contributed by atoms with E-state index in [1.54, 1.807) is 4.90 Å². The smallest absolute Gasteiger partial charge is 0.401 e. The molecule has 4 rings (SSSR count). The first-order chi connectivity index (χ1) is 12.3. The van der Waals surface area contributed by atoms with Gasteiger partial charge in [0, 0.05) is 4.90 Å². The molecule has 0 spiro atoms. The summed E-state index contributed by atoms with van der Waals surface area (Å²) in [6, 6.07) is 6.54. The number of fused-ring (bicyclic) bond motifs is 3. The van der Waals surface area contributed by atoms with E-state index >= 15 is 0 Å². The summed E-state index contributed by atoms with van der Waals surface area (Å²) in [6.45, 7) is 3.98. The van der Waals surface area contributed by atoms with Crippen molar-refractivity contribution in [1.82, 2.24) is 0 Å². The summed E-state index contributed by atoms with van der Waals surface area (Å²) in [6.07, 6.45) is 1.31. The van der Waals surface area contributed by atoms with Crippen molar-refractivity contribution in [3.63, 3.8) is 0 Å². The molecular weight excluding hydrogens is 356 g/mol. The van der Waals surface area contributed by atoms with Gasteiger partial charge in [-0.15, -0.1) is 0 Å². The number of furan rings is 1. The molecule has 0 unspecified atom stereocenters. The lowest BCUT2D eigenvalue weighted by molar-refractivity contribution is -0.402. The van der Waals surface area contributed by atoms with Gasteiger partial charge in [-0.05, 0) is 61.0 Å². The van der Waals surface area contributed by atoms with E-state index in [0.717, 1.165) is 21.7 Å². The van der Waals surface area contributed by atoms with Crippen molar-refractivity contribution in [1.29, 1.82) is 5.41 Å². The molecule has 1 aromatic heterocycles. The van der Waals surface area contributed by atoms with Gasteiger partial charge >= 0.3 is 5.88 Å². The first-order valence-electron chi connectivity index (χ1n) is 7.62. The van der Waals surface area contributed by atoms with Crippen molar-refractivity contribution < 1.29 is 14.1 Å². The average molecular weight is 368 g/mol. The molecule has 0 fully saturated rings. The third kappa shape index (κ3) is 2.44. The number of hydrogen-bond donors (Lipinski definition) is 1. The molecular formula is C17H12N4O4S. The number of aliphatic imine (C=N–C) groups is 1. The van der Waals surface area contributed by atoms with Crippen LogP contribution in [0.4, 0.5) is 11.6 Å². The fourth-order valence-corrected chi connectivity index (χ4v) is 3.82. The topological polar surface area (TPSA) is 113 Å². The van der Waals surface area contributed by atoms with E-state index < -0.39 is 16.7 Å². The lowest BCUT2D eigenvalue weighted by Crippen LogP contribution is -2.39. The zero-order chi connectivity index (χ0) is 18.6. The normalized spacial score (nSPS) is 17.4. The van der Waals surface area contributed by atoms with Crippen molar-refractivity contribution in [2.45, 2.75) is 18.7 Å². The van der Waals surface area contributed by atoms with E-state index in [9.17, 15) is 14.9 Å². The van der Waals surface area contributed by atoms with Gasteiger partial charge in [0.2, 0.25) is 0 Å². The lowest BCUT2D eigenvalue weighted by atomic mass is 10.1. The molecule has 0 atom stereocenters. The number of amides is 1. The molecule has 0 saturated heterocycles. The van der Waals surface area contributed by atoms with Crippen molar-refractivity contribution in [3.05, 3.63) is 56.8 Å². The zero-order valence-electron chi connectivity index (χ0n) is 13.8. The largest absolute Gasteiger partial charge is 0.433 e. The average Bonchev–Trinajstić information content (AvgIpc) is 3.16. The summed E-state index contributed by atoms with van der Waals surface area (Å²) in [5, 5.41) is 19.6. The van der Waals surface area contributed by atoms with Gasteiger partial charge in [-0.1, -0.05) is 0 Å². The van der Waals surface area contributed by atoms with E-state index in [1.165, 1.54) is 30.0 Å². The van der Waals surface area contributed by atoms with E-state index in [2.05, 4.69) is 4.99 Å². The van der Waals surface area contributed by atoms with Crippen molar-refractivity contribution >= 4 is 46.3 Å². The summed E-state index contributed by atoms with van der Waals surface area (Å²) in [4.78, 5) is 29.0. The van der Waals surface area contributed by atoms with Crippen LogP contribution < -0.4 is 4.90 Å². The van der Waals surface area contributed by atoms with Crippen LogP contribution in [0.2, 0.25) is 0 Å². The Labute approximate surface area is 151 Å². The van der Waals surface area contributed by atoms with Gasteiger partial charge in [-0.3, -0.25) is 25.2 Å². The first-order valence-corrected chi connectivity index (χ1v) is 8.44. The minimum absolute atomic E-state index is 0.0182. The maximum atomic E-state index is 12.4. The van der Waals surface area contributed by atoms with Crippen LogP contribution in [-0.4, -0.2) is 21.8 Å². The van der Waals surface area contributed by atoms with Crippen LogP contribution in [0, 0.1) is 29.4 Å². The van der Waals surface area contributed by atoms with Crippen LogP contribution in [0.15, 0.2) is 44.1 Å². The number of nitrogens with one attached hydrogen (secondary N) is 1. The number of hydrogen-bond acceptors (Lipinski definition) is 6. The Morgan fingerprint density at radius 2 is 2.04 bits per heavy atom. The molecule has 2 aliphatic rings. The number of anilines is 1. The molecule has 2 aliphatic heterocycles. The van der Waals surface area contributed by atoms with Gasteiger partial charge in [0.1, 0.15) is 16.5 Å². The molecule has 8 nitrogen and oxygen atoms in total. The molecule has 0 saturated carbocycles. The number of benzene rings is 1. The molecule has 130 valence electrons. The van der Waals surface area contributed by atoms with Crippen LogP contribution in [-0.2, 0) is 4.79 Å². The molecule has 2 aromatic rings. The van der Waals surface area contributed by atoms with Crippen LogP contribution in [0.1, 0.15) is 16.9 Å². The Hall–Kier alpha value is -3.20. The third-order valence-electron chi connectivity index (χ3n) is 4.19. The number of thioether (sulfide) groups is 1. The quantitative estimate of drug-likeness (QED) is 0.491. The fraction of sp³-hybridized carbons (Fsp3) is 0.118. The Morgan fingerprint density at radius 1 is 1.31 bits per heavy atom. The van der Waals surface area contributed by atoms with Gasteiger partial charge in [-0.25, -0.2) is 0 Å². The second-order valence-electron chi connectivity index (χ2n) is 5.88. The van der Waals surface area contributed by atoms with Crippen LogP contribution in [0.25, 0.3) is 6.08 Å². The lowest BCUT2D eigenvalue weighted by Gasteiger charge is -2.24. The highest BCUT2D eigenvalue weighted by Crippen LogP contribution is 2.44. The van der Waals surface area contributed by atoms with Gasteiger partial charge in [-0.2, -0.15) is 4.99 Å². The van der Waals surface area contributed by atoms with Crippen LogP contribution >= 0.6 is 11.8 Å². The monoisotopic (exact) mass is 368 g/mol. The molecule has 1 aromatic carbocycles. The highest BCUT2D eigenvalue weighted by molar-refractivity contribution is 8.15. The van der Waals surface area contributed by atoms with Crippen LogP contribution in [0.3, 0.4) is 0 Å². The molecule has 0 aliphatic carbocycles. The third-order valence-corrected chi connectivity index (χ3v) is 5.20. The van der Waals surface area contributed by atoms with Gasteiger partial charge in [0.15, 0.2) is 5.17 Å². The molecule has 3 heterocycles. The van der Waals surface area contributed by atoms with Gasteiger partial charge < -0.3 is 4.42 Å². The van der Waals surface area contributed by atoms with E-state index in [1.807, 2.05) is 26.0 Å². The van der Waals surface area contributed by atoms with Crippen molar-refractivity contribution in [2.75, 3.05) is 4.90 Å². The Bertz CT molecular complexity index is 1070. The molecule has 1 N–H and O–H groups in total. The standard InChI is InChI=1S/C17H12N4O4S/c1-8-5-12-13(6-9(8)2)26-17-19-16(22)11(15(18)20(12)17)7-10-3-4-14(25-10)21(23)24/h3-7,18H,1-2H3/b11-7-,18-15?. The highest BCUT2D eigenvalue weighted by atomic mass is 32.2. The minimum atomic E-state index is -0.662. The minimum Gasteiger partial charge on any atom is -0.401 e. The number of carbonyl (C=O) groups is 1. The molecule has 9 heteroatoms. The first kappa shape index (κ1) is 16.3. The number of nitro groups is 1.